The summed E-state index contributed by atoms with van der Waals surface area (Å²) in [4.78, 5) is 11.6. The summed E-state index contributed by atoms with van der Waals surface area (Å²) in [5.74, 6) is 0.674. The Hall–Kier alpha value is -1.68. The molecule has 0 saturated carbocycles. The minimum atomic E-state index is -0.784. The van der Waals surface area contributed by atoms with Gasteiger partial charge in [-0.1, -0.05) is 36.4 Å². The quantitative estimate of drug-likeness (QED) is 0.341. The lowest BCUT2D eigenvalue weighted by molar-refractivity contribution is -0.919. The normalized spacial score (nSPS) is 26.2. The van der Waals surface area contributed by atoms with Gasteiger partial charge in [-0.3, -0.25) is 4.79 Å². The zero-order chi connectivity index (χ0) is 21.2. The second-order valence-corrected chi connectivity index (χ2v) is 8.98. The maximum atomic E-state index is 11.6. The van der Waals surface area contributed by atoms with Gasteiger partial charge in [0.05, 0.1) is 20.1 Å². The molecule has 2 heterocycles. The number of hydrogen-bond acceptors (Lipinski definition) is 4. The molecule has 1 unspecified atom stereocenters. The predicted molar refractivity (Wildman–Crippen MR) is 115 cm³/mol. The van der Waals surface area contributed by atoms with Crippen LogP contribution in [0.1, 0.15) is 30.4 Å². The Morgan fingerprint density at radius 1 is 1.13 bits per heavy atom. The first-order valence-electron chi connectivity index (χ1n) is 10.7. The summed E-state index contributed by atoms with van der Waals surface area (Å²) in [6, 6.07) is 15.5. The lowest BCUT2D eigenvalue weighted by atomic mass is 9.83. The number of quaternary nitrogens is 1. The van der Waals surface area contributed by atoms with E-state index < -0.39 is 11.7 Å². The van der Waals surface area contributed by atoms with Crippen LogP contribution in [0, 0.1) is 0 Å². The van der Waals surface area contributed by atoms with Crippen molar-refractivity contribution >= 4 is 11.6 Å². The smallest absolute Gasteiger partial charge is 0.224 e. The molecule has 0 bridgehead atoms. The van der Waals surface area contributed by atoms with Gasteiger partial charge in [-0.2, -0.15) is 0 Å². The molecule has 168 valence electrons. The number of aryl methyl sites for hydroxylation is 1. The first-order chi connectivity index (χ1) is 14.4. The molecule has 3 N–H and O–H groups in total. The molecular formula is C24H31IN2O4. The number of hydrogen-bond donors (Lipinski definition) is 3. The highest BCUT2D eigenvalue weighted by Gasteiger charge is 2.41. The van der Waals surface area contributed by atoms with E-state index in [4.69, 9.17) is 4.74 Å². The number of likely N-dealkylation sites (N-methyl/N-ethyl adjacent to an activating group) is 1. The third kappa shape index (κ3) is 5.77. The Morgan fingerprint density at radius 3 is 2.55 bits per heavy atom. The lowest BCUT2D eigenvalue weighted by Crippen LogP contribution is -3.00. The van der Waals surface area contributed by atoms with E-state index in [1.54, 1.807) is 0 Å². The molecule has 6 nitrogen and oxygen atoms in total. The topological polar surface area (TPSA) is 78.8 Å². The molecule has 31 heavy (non-hydrogen) atoms. The summed E-state index contributed by atoms with van der Waals surface area (Å²) < 4.78 is 6.51. The van der Waals surface area contributed by atoms with Crippen molar-refractivity contribution in [1.29, 1.82) is 0 Å². The van der Waals surface area contributed by atoms with Gasteiger partial charge in [-0.25, -0.2) is 0 Å². The molecule has 2 aliphatic heterocycles. The fraction of sp³-hybridized carbons (Fsp3) is 0.458. The van der Waals surface area contributed by atoms with Crippen molar-refractivity contribution < 1.29 is 48.2 Å². The van der Waals surface area contributed by atoms with E-state index in [1.165, 1.54) is 0 Å². The zero-order valence-corrected chi connectivity index (χ0v) is 20.0. The molecule has 1 atom stereocenters. The van der Waals surface area contributed by atoms with E-state index in [1.807, 2.05) is 48.5 Å². The highest BCUT2D eigenvalue weighted by molar-refractivity contribution is 5.94. The van der Waals surface area contributed by atoms with Crippen molar-refractivity contribution in [3.05, 3.63) is 59.7 Å². The number of aliphatic hydroxyl groups excluding tert-OH is 1. The molecular weight excluding hydrogens is 507 g/mol. The second-order valence-electron chi connectivity index (χ2n) is 8.98. The van der Waals surface area contributed by atoms with Gasteiger partial charge in [0, 0.05) is 31.0 Å². The minimum Gasteiger partial charge on any atom is -1.00 e. The van der Waals surface area contributed by atoms with Crippen LogP contribution in [0.25, 0.3) is 0 Å². The number of aliphatic hydroxyl groups is 2. The van der Waals surface area contributed by atoms with Crippen LogP contribution in [0.5, 0.6) is 5.75 Å². The monoisotopic (exact) mass is 538 g/mol. The minimum absolute atomic E-state index is 0. The number of benzene rings is 2. The molecule has 2 aliphatic rings. The molecule has 0 aromatic heterocycles. The predicted octanol–water partition coefficient (Wildman–Crippen LogP) is -0.557. The molecule has 4 rings (SSSR count). The zero-order valence-electron chi connectivity index (χ0n) is 17.9. The largest absolute Gasteiger partial charge is 1.00 e. The Bertz CT molecular complexity index is 898. The molecule has 7 heteroatoms. The average molecular weight is 538 g/mol. The number of likely N-dealkylation sites (tertiary alicyclic amines) is 1. The van der Waals surface area contributed by atoms with E-state index in [0.29, 0.717) is 36.0 Å². The summed E-state index contributed by atoms with van der Waals surface area (Å²) >= 11 is 0. The van der Waals surface area contributed by atoms with Crippen molar-refractivity contribution in [2.75, 3.05) is 38.6 Å². The van der Waals surface area contributed by atoms with Crippen molar-refractivity contribution in [1.82, 2.24) is 0 Å². The standard InChI is InChI=1S/C24H30N2O4.HI/c1-26(13-11-24(29,12-14-26)19-5-3-2-4-6-19)16-20(27)17-30-21-9-7-18-8-10-23(28)25-22(18)15-21;/h2-7,9,15,20,27,29H,8,10-14,16-17H2,1H3;1H. The number of halogens is 1. The maximum absolute atomic E-state index is 11.6. The SMILES string of the molecule is C[N+]1(CC(O)COc2ccc3c(c2)NC(=O)CC3)CCC(O)(c2ccccc2)CC1.[I-]. The van der Waals surface area contributed by atoms with E-state index >= 15 is 0 Å². The van der Waals surface area contributed by atoms with Crippen molar-refractivity contribution in [3.8, 4) is 5.75 Å². The van der Waals surface area contributed by atoms with Crippen LogP contribution < -0.4 is 34.0 Å². The Labute approximate surface area is 200 Å². The van der Waals surface area contributed by atoms with Crippen LogP contribution in [-0.4, -0.2) is 60.0 Å². The summed E-state index contributed by atoms with van der Waals surface area (Å²) in [6.45, 7) is 2.37. The van der Waals surface area contributed by atoms with Crippen LogP contribution in [0.15, 0.2) is 48.5 Å². The number of carbonyl (C=O) groups is 1. The van der Waals surface area contributed by atoms with Crippen LogP contribution in [0.2, 0.25) is 0 Å². The van der Waals surface area contributed by atoms with Crippen LogP contribution >= 0.6 is 0 Å². The number of anilines is 1. The molecule has 2 aromatic carbocycles. The third-order valence-electron chi connectivity index (χ3n) is 6.51. The van der Waals surface area contributed by atoms with Gasteiger partial charge >= 0.3 is 0 Å². The van der Waals surface area contributed by atoms with E-state index in [0.717, 1.165) is 36.3 Å². The summed E-state index contributed by atoms with van der Waals surface area (Å²) in [6.07, 6.45) is 2.00. The van der Waals surface area contributed by atoms with Gasteiger partial charge in [0.1, 0.15) is 30.6 Å². The number of nitrogens with one attached hydrogen (secondary N) is 1. The number of rotatable bonds is 6. The number of piperidine rings is 1. The Balaban J connectivity index is 0.00000272. The summed E-state index contributed by atoms with van der Waals surface area (Å²) in [5, 5.41) is 24.5. The fourth-order valence-electron chi connectivity index (χ4n) is 4.56. The molecule has 2 aromatic rings. The molecule has 1 saturated heterocycles. The van der Waals surface area contributed by atoms with Gasteiger partial charge in [0.25, 0.3) is 0 Å². The summed E-state index contributed by atoms with van der Waals surface area (Å²) in [5.41, 5.74) is 2.10. The van der Waals surface area contributed by atoms with Crippen LogP contribution in [0.4, 0.5) is 5.69 Å². The molecule has 1 fully saturated rings. The second kappa shape index (κ2) is 9.85. The van der Waals surface area contributed by atoms with Crippen molar-refractivity contribution in [2.45, 2.75) is 37.4 Å². The maximum Gasteiger partial charge on any atom is 0.224 e. The average Bonchev–Trinajstić information content (AvgIpc) is 2.75. The molecule has 0 aliphatic carbocycles. The number of amides is 1. The summed E-state index contributed by atoms with van der Waals surface area (Å²) in [7, 11) is 2.13. The lowest BCUT2D eigenvalue weighted by Gasteiger charge is -2.45. The molecule has 0 spiro atoms. The molecule has 1 amide bonds. The fourth-order valence-corrected chi connectivity index (χ4v) is 4.56. The Morgan fingerprint density at radius 2 is 1.84 bits per heavy atom. The number of carbonyl (C=O) groups excluding carboxylic acids is 1. The van der Waals surface area contributed by atoms with E-state index in [2.05, 4.69) is 12.4 Å². The third-order valence-corrected chi connectivity index (χ3v) is 6.51. The highest BCUT2D eigenvalue weighted by atomic mass is 127. The van der Waals surface area contributed by atoms with E-state index in [9.17, 15) is 15.0 Å². The first kappa shape index (κ1) is 24.0. The van der Waals surface area contributed by atoms with Gasteiger partial charge in [-0.15, -0.1) is 0 Å². The highest BCUT2D eigenvalue weighted by Crippen LogP contribution is 2.35. The van der Waals surface area contributed by atoms with Gasteiger partial charge in [-0.05, 0) is 23.6 Å². The van der Waals surface area contributed by atoms with Gasteiger partial charge < -0.3 is 48.7 Å². The van der Waals surface area contributed by atoms with Gasteiger partial charge in [0.15, 0.2) is 0 Å². The Kier molecular flexibility index (Phi) is 7.62. The number of nitrogens with zero attached hydrogens (tertiary/aromatic N) is 1. The van der Waals surface area contributed by atoms with Crippen molar-refractivity contribution in [3.63, 3.8) is 0 Å². The van der Waals surface area contributed by atoms with E-state index in [-0.39, 0.29) is 36.5 Å². The van der Waals surface area contributed by atoms with Crippen molar-refractivity contribution in [2.24, 2.45) is 0 Å². The number of ether oxygens (including phenoxy) is 1. The molecule has 0 radical (unpaired) electrons. The van der Waals surface area contributed by atoms with Crippen LogP contribution in [-0.2, 0) is 16.8 Å². The van der Waals surface area contributed by atoms with Crippen LogP contribution in [0.3, 0.4) is 0 Å². The first-order valence-corrected chi connectivity index (χ1v) is 10.7. The number of fused-ring (bicyclic) bond motifs is 1. The van der Waals surface area contributed by atoms with Gasteiger partial charge in [0.2, 0.25) is 5.91 Å².